The predicted molar refractivity (Wildman–Crippen MR) is 179 cm³/mol. The molecule has 0 unspecified atom stereocenters. The van der Waals surface area contributed by atoms with Gasteiger partial charge in [-0.3, -0.25) is 9.80 Å². The number of hydrogen-bond donors (Lipinski definition) is 0. The second-order valence-corrected chi connectivity index (χ2v) is 13.4. The second-order valence-electron chi connectivity index (χ2n) is 13.4. The molecule has 1 saturated heterocycles. The Morgan fingerprint density at radius 2 is 1.51 bits per heavy atom. The first-order chi connectivity index (χ1) is 24.9. The van der Waals surface area contributed by atoms with Gasteiger partial charge in [0.05, 0.1) is 30.8 Å². The standard InChI is InChI=1S/C39H35F7N2O5/c1-21(2)30-15-32(34(51-4)16-33(30)40)31-13-26-18-47(36(49)52-20-23-8-6-5-7-9-23)17-25(26)10-27(31)19-48-22(3)35(53-37(48)50)24-11-28(38(41,42)43)14-29(12-24)39(44,45)46/h5-16,21-22,35H,17-20H2,1-4H3/t22-,35-/m0/s1. The molecule has 2 amide bonds. The fraction of sp³-hybridized carbons (Fsp3) is 0.333. The Morgan fingerprint density at radius 1 is 0.887 bits per heavy atom. The van der Waals surface area contributed by atoms with E-state index in [1.807, 2.05) is 44.2 Å². The van der Waals surface area contributed by atoms with E-state index >= 15 is 4.39 Å². The molecule has 2 aliphatic rings. The third-order valence-corrected chi connectivity index (χ3v) is 9.51. The van der Waals surface area contributed by atoms with Crippen molar-refractivity contribution in [3.05, 3.63) is 123 Å². The molecule has 0 bridgehead atoms. The van der Waals surface area contributed by atoms with E-state index in [-0.39, 0.29) is 44.0 Å². The average Bonchev–Trinajstić information content (AvgIpc) is 3.65. The molecule has 2 aliphatic heterocycles. The molecule has 280 valence electrons. The van der Waals surface area contributed by atoms with E-state index in [2.05, 4.69) is 0 Å². The van der Waals surface area contributed by atoms with Crippen molar-refractivity contribution in [1.29, 1.82) is 0 Å². The summed E-state index contributed by atoms with van der Waals surface area (Å²) in [5.74, 6) is -0.533. The molecule has 1 fully saturated rings. The van der Waals surface area contributed by atoms with Crippen molar-refractivity contribution in [2.75, 3.05) is 7.11 Å². The third kappa shape index (κ3) is 7.77. The van der Waals surface area contributed by atoms with Crippen LogP contribution in [0, 0.1) is 5.82 Å². The summed E-state index contributed by atoms with van der Waals surface area (Å²) in [6.07, 6.45) is -13.2. The van der Waals surface area contributed by atoms with Gasteiger partial charge in [0.2, 0.25) is 0 Å². The first kappa shape index (κ1) is 37.5. The molecular formula is C39H35F7N2O5. The zero-order valence-electron chi connectivity index (χ0n) is 29.1. The largest absolute Gasteiger partial charge is 0.496 e. The molecule has 0 N–H and O–H groups in total. The summed E-state index contributed by atoms with van der Waals surface area (Å²) in [6, 6.07) is 15.7. The van der Waals surface area contributed by atoms with Gasteiger partial charge in [-0.15, -0.1) is 0 Å². The molecule has 2 atom stereocenters. The lowest BCUT2D eigenvalue weighted by Crippen LogP contribution is -2.31. The minimum Gasteiger partial charge on any atom is -0.496 e. The highest BCUT2D eigenvalue weighted by atomic mass is 19.4. The minimum absolute atomic E-state index is 0.0156. The molecule has 4 aromatic carbocycles. The Bertz CT molecular complexity index is 2000. The summed E-state index contributed by atoms with van der Waals surface area (Å²) < 4.78 is 114. The lowest BCUT2D eigenvalue weighted by molar-refractivity contribution is -0.143. The molecule has 7 nitrogen and oxygen atoms in total. The van der Waals surface area contributed by atoms with Gasteiger partial charge in [-0.1, -0.05) is 50.2 Å². The van der Waals surface area contributed by atoms with E-state index in [9.17, 15) is 35.9 Å². The summed E-state index contributed by atoms with van der Waals surface area (Å²) in [7, 11) is 1.37. The highest BCUT2D eigenvalue weighted by molar-refractivity contribution is 5.78. The van der Waals surface area contributed by atoms with Crippen LogP contribution in [0.25, 0.3) is 11.1 Å². The number of cyclic esters (lactones) is 1. The van der Waals surface area contributed by atoms with Crippen LogP contribution < -0.4 is 4.74 Å². The Kier molecular flexibility index (Phi) is 10.1. The van der Waals surface area contributed by atoms with Crippen LogP contribution in [0.4, 0.5) is 40.3 Å². The number of methoxy groups -OCH3 is 1. The SMILES string of the molecule is COc1cc(F)c(C(C)C)cc1-c1cc2c(cc1CN1C(=O)O[C@H](c3cc(C(F)(F)F)cc(C(F)(F)F)c3)[C@@H]1C)CN(C(=O)OCc1ccccc1)C2. The molecule has 0 saturated carbocycles. The molecule has 0 spiro atoms. The maximum Gasteiger partial charge on any atom is 0.416 e. The molecule has 14 heteroatoms. The predicted octanol–water partition coefficient (Wildman–Crippen LogP) is 10.4. The molecule has 4 aromatic rings. The number of carbonyl (C=O) groups is 2. The highest BCUT2D eigenvalue weighted by Crippen LogP contribution is 2.44. The molecule has 6 rings (SSSR count). The summed E-state index contributed by atoms with van der Waals surface area (Å²) in [5.41, 5.74) is 0.625. The number of rotatable bonds is 8. The van der Waals surface area contributed by atoms with Crippen molar-refractivity contribution >= 4 is 12.2 Å². The van der Waals surface area contributed by atoms with Gasteiger partial charge in [0.25, 0.3) is 0 Å². The van der Waals surface area contributed by atoms with Crippen LogP contribution in [0.3, 0.4) is 0 Å². The highest BCUT2D eigenvalue weighted by Gasteiger charge is 2.44. The van der Waals surface area contributed by atoms with Gasteiger partial charge >= 0.3 is 24.5 Å². The summed E-state index contributed by atoms with van der Waals surface area (Å²) in [4.78, 5) is 29.2. The minimum atomic E-state index is -5.09. The molecule has 2 heterocycles. The van der Waals surface area contributed by atoms with E-state index in [4.69, 9.17) is 14.2 Å². The Morgan fingerprint density at radius 3 is 2.09 bits per heavy atom. The third-order valence-electron chi connectivity index (χ3n) is 9.51. The number of amides is 2. The molecule has 0 aliphatic carbocycles. The van der Waals surface area contributed by atoms with E-state index in [0.29, 0.717) is 34.4 Å². The van der Waals surface area contributed by atoms with Crippen molar-refractivity contribution in [1.82, 2.24) is 9.80 Å². The zero-order chi connectivity index (χ0) is 38.4. The average molecular weight is 745 g/mol. The Labute approximate surface area is 300 Å². The topological polar surface area (TPSA) is 68.3 Å². The number of carbonyl (C=O) groups excluding carboxylic acids is 2. The van der Waals surface area contributed by atoms with Crippen LogP contribution >= 0.6 is 0 Å². The van der Waals surface area contributed by atoms with Crippen molar-refractivity contribution in [3.8, 4) is 16.9 Å². The van der Waals surface area contributed by atoms with Crippen LogP contribution in [-0.4, -0.2) is 35.1 Å². The molecule has 0 radical (unpaired) electrons. The van der Waals surface area contributed by atoms with Crippen molar-refractivity contribution in [3.63, 3.8) is 0 Å². The lowest BCUT2D eigenvalue weighted by Gasteiger charge is -2.24. The number of alkyl halides is 6. The van der Waals surface area contributed by atoms with Crippen LogP contribution in [0.15, 0.2) is 72.8 Å². The van der Waals surface area contributed by atoms with Gasteiger partial charge < -0.3 is 14.2 Å². The first-order valence-electron chi connectivity index (χ1n) is 16.7. The van der Waals surface area contributed by atoms with Gasteiger partial charge in [0.15, 0.2) is 0 Å². The maximum absolute atomic E-state index is 15.1. The Balaban J connectivity index is 1.37. The Hall–Kier alpha value is -5.27. The van der Waals surface area contributed by atoms with Gasteiger partial charge in [-0.05, 0) is 82.1 Å². The monoisotopic (exact) mass is 744 g/mol. The van der Waals surface area contributed by atoms with Gasteiger partial charge in [0, 0.05) is 24.7 Å². The van der Waals surface area contributed by atoms with E-state index in [1.165, 1.54) is 29.9 Å². The number of hydrogen-bond acceptors (Lipinski definition) is 5. The number of benzene rings is 4. The van der Waals surface area contributed by atoms with E-state index in [0.717, 1.165) is 16.7 Å². The number of fused-ring (bicyclic) bond motifs is 1. The van der Waals surface area contributed by atoms with Crippen molar-refractivity contribution < 1.29 is 54.5 Å². The zero-order valence-corrected chi connectivity index (χ0v) is 29.1. The number of ether oxygens (including phenoxy) is 3. The lowest BCUT2D eigenvalue weighted by atomic mass is 9.90. The quantitative estimate of drug-likeness (QED) is 0.168. The summed E-state index contributed by atoms with van der Waals surface area (Å²) in [5, 5.41) is 0. The fourth-order valence-corrected chi connectivity index (χ4v) is 6.70. The number of nitrogens with zero attached hydrogens (tertiary/aromatic N) is 2. The maximum atomic E-state index is 15.1. The molecule has 0 aromatic heterocycles. The summed E-state index contributed by atoms with van der Waals surface area (Å²) in [6.45, 7) is 5.30. The second kappa shape index (κ2) is 14.3. The fourth-order valence-electron chi connectivity index (χ4n) is 6.70. The van der Waals surface area contributed by atoms with Crippen molar-refractivity contribution in [2.24, 2.45) is 0 Å². The van der Waals surface area contributed by atoms with E-state index in [1.54, 1.807) is 18.2 Å². The molecule has 53 heavy (non-hydrogen) atoms. The molecular weight excluding hydrogens is 709 g/mol. The smallest absolute Gasteiger partial charge is 0.416 e. The van der Waals surface area contributed by atoms with Crippen LogP contribution in [0.1, 0.15) is 77.3 Å². The van der Waals surface area contributed by atoms with Crippen LogP contribution in [-0.2, 0) is 48.1 Å². The normalized spacial score (nSPS) is 17.3. The van der Waals surface area contributed by atoms with Crippen LogP contribution in [0.2, 0.25) is 0 Å². The van der Waals surface area contributed by atoms with Gasteiger partial charge in [0.1, 0.15) is 24.3 Å². The van der Waals surface area contributed by atoms with Gasteiger partial charge in [-0.2, -0.15) is 26.3 Å². The van der Waals surface area contributed by atoms with E-state index < -0.39 is 59.2 Å². The first-order valence-corrected chi connectivity index (χ1v) is 16.7. The van der Waals surface area contributed by atoms with Crippen molar-refractivity contribution in [2.45, 2.75) is 77.4 Å². The number of halogens is 7. The van der Waals surface area contributed by atoms with Crippen LogP contribution in [0.5, 0.6) is 5.75 Å². The summed E-state index contributed by atoms with van der Waals surface area (Å²) >= 11 is 0. The van der Waals surface area contributed by atoms with Gasteiger partial charge in [-0.25, -0.2) is 14.0 Å².